The Labute approximate surface area is 165 Å². The Morgan fingerprint density at radius 1 is 1.03 bits per heavy atom. The number of methoxy groups -OCH3 is 1. The Hall–Kier alpha value is -2.88. The molecule has 0 bridgehead atoms. The highest BCUT2D eigenvalue weighted by atomic mass is 32.2. The normalized spacial score (nSPS) is 12.8. The number of esters is 1. The van der Waals surface area contributed by atoms with Crippen LogP contribution in [-0.2, 0) is 25.5 Å². The van der Waals surface area contributed by atoms with Gasteiger partial charge in [0.05, 0.1) is 28.9 Å². The standard InChI is InChI=1S/C19H18F3NO5S/c1-28-18(25)16(11-12-29(26,27)13-7-3-2-4-8-13)23-17(24)14-9-5-6-10-15(14)19(20,21)22/h2-10,16H,11-12H2,1H3,(H,23,24)/t16-/m0/s1. The van der Waals surface area contributed by atoms with Crippen LogP contribution in [-0.4, -0.2) is 39.2 Å². The fraction of sp³-hybridized carbons (Fsp3) is 0.263. The lowest BCUT2D eigenvalue weighted by molar-refractivity contribution is -0.142. The number of amides is 1. The second-order valence-electron chi connectivity index (χ2n) is 6.01. The van der Waals surface area contributed by atoms with Crippen LogP contribution in [0, 0.1) is 0 Å². The summed E-state index contributed by atoms with van der Waals surface area (Å²) in [6.45, 7) is 0. The number of halogens is 3. The average molecular weight is 429 g/mol. The molecule has 0 spiro atoms. The van der Waals surface area contributed by atoms with E-state index in [-0.39, 0.29) is 11.3 Å². The van der Waals surface area contributed by atoms with Crippen LogP contribution in [0.2, 0.25) is 0 Å². The Morgan fingerprint density at radius 2 is 1.62 bits per heavy atom. The smallest absolute Gasteiger partial charge is 0.417 e. The fourth-order valence-electron chi connectivity index (χ4n) is 2.57. The highest BCUT2D eigenvalue weighted by Gasteiger charge is 2.36. The maximum atomic E-state index is 13.1. The molecule has 10 heteroatoms. The van der Waals surface area contributed by atoms with Gasteiger partial charge in [0.1, 0.15) is 6.04 Å². The molecular formula is C19H18F3NO5S. The molecule has 2 rings (SSSR count). The monoisotopic (exact) mass is 429 g/mol. The van der Waals surface area contributed by atoms with Gasteiger partial charge < -0.3 is 10.1 Å². The van der Waals surface area contributed by atoms with E-state index in [4.69, 9.17) is 0 Å². The first-order chi connectivity index (χ1) is 13.6. The quantitative estimate of drug-likeness (QED) is 0.684. The summed E-state index contributed by atoms with van der Waals surface area (Å²) in [7, 11) is -2.74. The van der Waals surface area contributed by atoms with Crippen molar-refractivity contribution in [3.05, 3.63) is 65.7 Å². The molecular weight excluding hydrogens is 411 g/mol. The number of hydrogen-bond acceptors (Lipinski definition) is 5. The minimum Gasteiger partial charge on any atom is -0.467 e. The molecule has 1 N–H and O–H groups in total. The summed E-state index contributed by atoms with van der Waals surface area (Å²) < 4.78 is 68.6. The third-order valence-electron chi connectivity index (χ3n) is 4.05. The topological polar surface area (TPSA) is 89.5 Å². The Bertz CT molecular complexity index is 975. The summed E-state index contributed by atoms with van der Waals surface area (Å²) in [5, 5.41) is 2.14. The molecule has 6 nitrogen and oxygen atoms in total. The summed E-state index contributed by atoms with van der Waals surface area (Å²) in [5.74, 6) is -2.64. The van der Waals surface area contributed by atoms with Crippen LogP contribution in [0.5, 0.6) is 0 Å². The maximum absolute atomic E-state index is 13.1. The van der Waals surface area contributed by atoms with Crippen molar-refractivity contribution in [2.75, 3.05) is 12.9 Å². The highest BCUT2D eigenvalue weighted by Crippen LogP contribution is 2.31. The van der Waals surface area contributed by atoms with Crippen molar-refractivity contribution in [1.82, 2.24) is 5.32 Å². The summed E-state index contributed by atoms with van der Waals surface area (Å²) in [4.78, 5) is 24.4. The van der Waals surface area contributed by atoms with Crippen LogP contribution in [0.25, 0.3) is 0 Å². The number of carbonyl (C=O) groups is 2. The second-order valence-corrected chi connectivity index (χ2v) is 8.12. The molecule has 0 fully saturated rings. The summed E-state index contributed by atoms with van der Waals surface area (Å²) in [6, 6.07) is 10.1. The number of ether oxygens (including phenoxy) is 1. The zero-order chi connectivity index (χ0) is 21.7. The van der Waals surface area contributed by atoms with Gasteiger partial charge in [-0.15, -0.1) is 0 Å². The number of carbonyl (C=O) groups excluding carboxylic acids is 2. The molecule has 0 aliphatic rings. The van der Waals surface area contributed by atoms with Gasteiger partial charge in [0.2, 0.25) is 0 Å². The SMILES string of the molecule is COC(=O)[C@H](CCS(=O)(=O)c1ccccc1)NC(=O)c1ccccc1C(F)(F)F. The predicted molar refractivity (Wildman–Crippen MR) is 97.8 cm³/mol. The van der Waals surface area contributed by atoms with Crippen LogP contribution >= 0.6 is 0 Å². The van der Waals surface area contributed by atoms with Gasteiger partial charge in [-0.2, -0.15) is 13.2 Å². The van der Waals surface area contributed by atoms with Gasteiger partial charge >= 0.3 is 12.1 Å². The van der Waals surface area contributed by atoms with Gasteiger partial charge in [0.25, 0.3) is 5.91 Å². The van der Waals surface area contributed by atoms with Crippen LogP contribution in [0.4, 0.5) is 13.2 Å². The molecule has 0 radical (unpaired) electrons. The van der Waals surface area contributed by atoms with E-state index >= 15 is 0 Å². The zero-order valence-corrected chi connectivity index (χ0v) is 16.1. The first-order valence-corrected chi connectivity index (χ1v) is 10.0. The number of rotatable bonds is 7. The van der Waals surface area contributed by atoms with Crippen molar-refractivity contribution >= 4 is 21.7 Å². The van der Waals surface area contributed by atoms with Gasteiger partial charge in [0.15, 0.2) is 9.84 Å². The minimum atomic E-state index is -4.77. The number of benzene rings is 2. The molecule has 2 aromatic carbocycles. The van der Waals surface area contributed by atoms with E-state index in [1.807, 2.05) is 0 Å². The molecule has 0 saturated heterocycles. The van der Waals surface area contributed by atoms with E-state index in [9.17, 15) is 31.2 Å². The first kappa shape index (κ1) is 22.4. The van der Waals surface area contributed by atoms with E-state index in [2.05, 4.69) is 10.1 Å². The van der Waals surface area contributed by atoms with Crippen molar-refractivity contribution in [2.45, 2.75) is 23.5 Å². The van der Waals surface area contributed by atoms with E-state index < -0.39 is 50.8 Å². The molecule has 0 heterocycles. The molecule has 0 saturated carbocycles. The average Bonchev–Trinajstić information content (AvgIpc) is 2.70. The number of hydrogen-bond donors (Lipinski definition) is 1. The van der Waals surface area contributed by atoms with Gasteiger partial charge in [-0.25, -0.2) is 13.2 Å². The molecule has 156 valence electrons. The molecule has 29 heavy (non-hydrogen) atoms. The zero-order valence-electron chi connectivity index (χ0n) is 15.3. The second kappa shape index (κ2) is 9.08. The third-order valence-corrected chi connectivity index (χ3v) is 5.81. The molecule has 0 aliphatic heterocycles. The number of alkyl halides is 3. The summed E-state index contributed by atoms with van der Waals surface area (Å²) in [6.07, 6.45) is -5.14. The lowest BCUT2D eigenvalue weighted by Gasteiger charge is -2.18. The van der Waals surface area contributed by atoms with Crippen molar-refractivity contribution in [1.29, 1.82) is 0 Å². The third kappa shape index (κ3) is 5.80. The molecule has 2 aromatic rings. The highest BCUT2D eigenvalue weighted by molar-refractivity contribution is 7.91. The van der Waals surface area contributed by atoms with Crippen molar-refractivity contribution in [2.24, 2.45) is 0 Å². The lowest BCUT2D eigenvalue weighted by Crippen LogP contribution is -2.43. The van der Waals surface area contributed by atoms with Crippen LogP contribution in [0.3, 0.4) is 0 Å². The molecule has 0 aliphatic carbocycles. The van der Waals surface area contributed by atoms with E-state index in [0.29, 0.717) is 0 Å². The van der Waals surface area contributed by atoms with E-state index in [1.165, 1.54) is 30.3 Å². The number of nitrogens with one attached hydrogen (secondary N) is 1. The first-order valence-electron chi connectivity index (χ1n) is 8.39. The maximum Gasteiger partial charge on any atom is 0.417 e. The Morgan fingerprint density at radius 3 is 2.21 bits per heavy atom. The molecule has 0 unspecified atom stereocenters. The Kier molecular flexibility index (Phi) is 7.02. The van der Waals surface area contributed by atoms with Gasteiger partial charge in [-0.1, -0.05) is 30.3 Å². The van der Waals surface area contributed by atoms with Crippen molar-refractivity contribution in [3.8, 4) is 0 Å². The van der Waals surface area contributed by atoms with Crippen LogP contribution in [0.1, 0.15) is 22.3 Å². The Balaban J connectivity index is 2.20. The molecule has 0 aromatic heterocycles. The van der Waals surface area contributed by atoms with Crippen LogP contribution in [0.15, 0.2) is 59.5 Å². The summed E-state index contributed by atoms with van der Waals surface area (Å²) in [5.41, 5.74) is -1.85. The number of sulfone groups is 1. The van der Waals surface area contributed by atoms with E-state index in [1.54, 1.807) is 6.07 Å². The fourth-order valence-corrected chi connectivity index (χ4v) is 3.93. The lowest BCUT2D eigenvalue weighted by atomic mass is 10.1. The van der Waals surface area contributed by atoms with Crippen LogP contribution < -0.4 is 5.32 Å². The minimum absolute atomic E-state index is 0.0253. The van der Waals surface area contributed by atoms with Gasteiger partial charge in [0, 0.05) is 0 Å². The van der Waals surface area contributed by atoms with E-state index in [0.717, 1.165) is 25.3 Å². The molecule has 1 atom stereocenters. The largest absolute Gasteiger partial charge is 0.467 e. The summed E-state index contributed by atoms with van der Waals surface area (Å²) >= 11 is 0. The van der Waals surface area contributed by atoms with Crippen molar-refractivity contribution in [3.63, 3.8) is 0 Å². The molecule has 1 amide bonds. The van der Waals surface area contributed by atoms with Gasteiger partial charge in [-0.3, -0.25) is 4.79 Å². The predicted octanol–water partition coefficient (Wildman–Crippen LogP) is 2.84. The van der Waals surface area contributed by atoms with Gasteiger partial charge in [-0.05, 0) is 30.7 Å². The van der Waals surface area contributed by atoms with Crippen molar-refractivity contribution < 1.29 is 35.9 Å².